The van der Waals surface area contributed by atoms with Crippen LogP contribution in [0.25, 0.3) is 0 Å². The minimum absolute atomic E-state index is 0.357. The van der Waals surface area contributed by atoms with Gasteiger partial charge in [0.2, 0.25) is 5.91 Å². The maximum absolute atomic E-state index is 12.6. The lowest BCUT2D eigenvalue weighted by molar-refractivity contribution is -0.132. The lowest BCUT2D eigenvalue weighted by Gasteiger charge is -2.27. The van der Waals surface area contributed by atoms with E-state index in [9.17, 15) is 25.2 Å². The van der Waals surface area contributed by atoms with Gasteiger partial charge in [0.1, 0.15) is 12.2 Å². The van der Waals surface area contributed by atoms with Crippen LogP contribution in [-0.2, 0) is 4.79 Å². The average molecular weight is 818 g/mol. The smallest absolute Gasteiger partial charge is 0.249 e. The van der Waals surface area contributed by atoms with Gasteiger partial charge >= 0.3 is 0 Å². The van der Waals surface area contributed by atoms with Crippen LogP contribution in [0.5, 0.6) is 0 Å². The Morgan fingerprint density at radius 3 is 1.09 bits per heavy atom. The van der Waals surface area contributed by atoms with E-state index in [1.807, 2.05) is 0 Å². The quantitative estimate of drug-likeness (QED) is 0.0310. The highest BCUT2D eigenvalue weighted by molar-refractivity contribution is 5.80. The van der Waals surface area contributed by atoms with E-state index in [2.05, 4.69) is 55.6 Å². The molecule has 0 saturated heterocycles. The number of rotatable bonds is 46. The predicted molar refractivity (Wildman–Crippen MR) is 251 cm³/mol. The first-order chi connectivity index (χ1) is 28.5. The van der Waals surface area contributed by atoms with E-state index in [1.165, 1.54) is 186 Å². The normalized spacial score (nSPS) is 14.2. The maximum Gasteiger partial charge on any atom is 0.249 e. The van der Waals surface area contributed by atoms with Crippen molar-refractivity contribution in [3.63, 3.8) is 0 Å². The fourth-order valence-electron chi connectivity index (χ4n) is 7.77. The molecule has 5 N–H and O–H groups in total. The number of amides is 1. The van der Waals surface area contributed by atoms with E-state index in [1.54, 1.807) is 0 Å². The van der Waals surface area contributed by atoms with Crippen molar-refractivity contribution in [2.75, 3.05) is 6.61 Å². The Morgan fingerprint density at radius 2 is 0.724 bits per heavy atom. The topological polar surface area (TPSA) is 110 Å². The van der Waals surface area contributed by atoms with Gasteiger partial charge in [0.05, 0.1) is 18.8 Å². The Labute approximate surface area is 360 Å². The van der Waals surface area contributed by atoms with Gasteiger partial charge in [-0.2, -0.15) is 0 Å². The third-order valence-electron chi connectivity index (χ3n) is 11.8. The summed E-state index contributed by atoms with van der Waals surface area (Å²) in [5.41, 5.74) is 0. The zero-order valence-corrected chi connectivity index (χ0v) is 38.5. The van der Waals surface area contributed by atoms with Gasteiger partial charge in [-0.15, -0.1) is 0 Å². The number of carbonyl (C=O) groups is 1. The molecule has 0 aliphatic rings. The molecule has 6 nitrogen and oxygen atoms in total. The Hall–Kier alpha value is -1.47. The molecule has 0 aromatic rings. The van der Waals surface area contributed by atoms with Crippen LogP contribution in [0.15, 0.2) is 36.5 Å². The van der Waals surface area contributed by atoms with Crippen LogP contribution in [0.2, 0.25) is 0 Å². The first kappa shape index (κ1) is 56.5. The summed E-state index contributed by atoms with van der Waals surface area (Å²) in [7, 11) is 0. The Kier molecular flexibility index (Phi) is 45.4. The fraction of sp³-hybridized carbons (Fsp3) is 0.865. The van der Waals surface area contributed by atoms with E-state index < -0.39 is 36.9 Å². The summed E-state index contributed by atoms with van der Waals surface area (Å²) in [6, 6.07) is -1.01. The molecule has 0 bridgehead atoms. The van der Waals surface area contributed by atoms with E-state index in [-0.39, 0.29) is 0 Å². The number of hydrogen-bond donors (Lipinski definition) is 5. The number of nitrogens with one attached hydrogen (secondary N) is 1. The van der Waals surface area contributed by atoms with E-state index in [0.29, 0.717) is 19.3 Å². The number of allylic oxidation sites excluding steroid dienone is 6. The molecule has 4 atom stereocenters. The number of unbranched alkanes of at least 4 members (excludes halogenated alkanes) is 31. The molecule has 0 aromatic heterocycles. The largest absolute Gasteiger partial charge is 0.394 e. The standard InChI is InChI=1S/C52H99NO5/c1-3-5-7-9-11-13-15-17-19-21-23-24-25-26-27-28-30-32-34-36-38-40-42-44-46-50(56)52(58)53-48(47-54)51(57)49(55)45-43-41-39-37-35-33-31-29-22-20-18-16-14-12-10-8-6-4-2/h26-27,29,31,37,39,48-51,54-57H,3-25,28,30,32-36,38,40-47H2,1-2H3,(H,53,58)/b27-26-,31-29+,39-37+. The van der Waals surface area contributed by atoms with Gasteiger partial charge in [0.15, 0.2) is 0 Å². The number of hydrogen-bond acceptors (Lipinski definition) is 5. The van der Waals surface area contributed by atoms with Gasteiger partial charge in [0, 0.05) is 0 Å². The third kappa shape index (κ3) is 40.0. The van der Waals surface area contributed by atoms with Crippen LogP contribution < -0.4 is 5.32 Å². The molecular formula is C52H99NO5. The summed E-state index contributed by atoms with van der Waals surface area (Å²) in [5.74, 6) is -0.599. The van der Waals surface area contributed by atoms with Gasteiger partial charge in [0.25, 0.3) is 0 Å². The summed E-state index contributed by atoms with van der Waals surface area (Å²) in [6.07, 6.45) is 56.2. The minimum atomic E-state index is -1.29. The average Bonchev–Trinajstić information content (AvgIpc) is 3.23. The highest BCUT2D eigenvalue weighted by Gasteiger charge is 2.28. The molecule has 0 saturated carbocycles. The molecule has 6 heteroatoms. The Morgan fingerprint density at radius 1 is 0.414 bits per heavy atom. The molecular weight excluding hydrogens is 719 g/mol. The predicted octanol–water partition coefficient (Wildman–Crippen LogP) is 14.1. The molecule has 0 aliphatic carbocycles. The van der Waals surface area contributed by atoms with Crippen LogP contribution >= 0.6 is 0 Å². The van der Waals surface area contributed by atoms with Crippen molar-refractivity contribution in [1.82, 2.24) is 5.32 Å². The van der Waals surface area contributed by atoms with Gasteiger partial charge in [-0.1, -0.05) is 217 Å². The molecule has 1 amide bonds. The maximum atomic E-state index is 12.6. The molecule has 0 spiro atoms. The van der Waals surface area contributed by atoms with Gasteiger partial charge in [-0.25, -0.2) is 0 Å². The summed E-state index contributed by atoms with van der Waals surface area (Å²) >= 11 is 0. The zero-order chi connectivity index (χ0) is 42.4. The minimum Gasteiger partial charge on any atom is -0.394 e. The Bertz CT molecular complexity index is 919. The second-order valence-corrected chi connectivity index (χ2v) is 17.5. The van der Waals surface area contributed by atoms with Crippen molar-refractivity contribution in [2.45, 2.75) is 282 Å². The van der Waals surface area contributed by atoms with E-state index >= 15 is 0 Å². The highest BCUT2D eigenvalue weighted by atomic mass is 16.3. The van der Waals surface area contributed by atoms with Crippen molar-refractivity contribution < 1.29 is 25.2 Å². The number of aliphatic hydroxyl groups is 4. The molecule has 0 aromatic carbocycles. The molecule has 0 fully saturated rings. The van der Waals surface area contributed by atoms with Crippen LogP contribution in [-0.4, -0.2) is 57.3 Å². The van der Waals surface area contributed by atoms with Crippen LogP contribution in [0.3, 0.4) is 0 Å². The van der Waals surface area contributed by atoms with Crippen molar-refractivity contribution >= 4 is 5.91 Å². The molecule has 0 rings (SSSR count). The first-order valence-electron chi connectivity index (χ1n) is 25.4. The van der Waals surface area contributed by atoms with Crippen molar-refractivity contribution in [3.8, 4) is 0 Å². The fourth-order valence-corrected chi connectivity index (χ4v) is 7.77. The Balaban J connectivity index is 3.73. The van der Waals surface area contributed by atoms with E-state index in [4.69, 9.17) is 0 Å². The lowest BCUT2D eigenvalue weighted by atomic mass is 10.00. The van der Waals surface area contributed by atoms with Crippen LogP contribution in [0.1, 0.15) is 258 Å². The zero-order valence-electron chi connectivity index (χ0n) is 38.5. The molecule has 58 heavy (non-hydrogen) atoms. The second-order valence-electron chi connectivity index (χ2n) is 17.5. The molecule has 0 radical (unpaired) electrons. The molecule has 4 unspecified atom stereocenters. The van der Waals surface area contributed by atoms with Crippen LogP contribution in [0, 0.1) is 0 Å². The summed E-state index contributed by atoms with van der Waals surface area (Å²) in [4.78, 5) is 12.6. The monoisotopic (exact) mass is 818 g/mol. The summed E-state index contributed by atoms with van der Waals surface area (Å²) in [5, 5.41) is 43.8. The van der Waals surface area contributed by atoms with Gasteiger partial charge < -0.3 is 25.7 Å². The molecule has 0 heterocycles. The van der Waals surface area contributed by atoms with Crippen molar-refractivity contribution in [1.29, 1.82) is 0 Å². The summed E-state index contributed by atoms with van der Waals surface area (Å²) < 4.78 is 0. The van der Waals surface area contributed by atoms with E-state index in [0.717, 1.165) is 38.5 Å². The van der Waals surface area contributed by atoms with Crippen molar-refractivity contribution in [3.05, 3.63) is 36.5 Å². The highest BCUT2D eigenvalue weighted by Crippen LogP contribution is 2.16. The molecule has 0 aliphatic heterocycles. The van der Waals surface area contributed by atoms with Gasteiger partial charge in [-0.05, 0) is 77.0 Å². The second kappa shape index (κ2) is 46.6. The van der Waals surface area contributed by atoms with Crippen molar-refractivity contribution in [2.24, 2.45) is 0 Å². The third-order valence-corrected chi connectivity index (χ3v) is 11.8. The summed E-state index contributed by atoms with van der Waals surface area (Å²) in [6.45, 7) is 4.05. The van der Waals surface area contributed by atoms with Crippen LogP contribution in [0.4, 0.5) is 0 Å². The first-order valence-corrected chi connectivity index (χ1v) is 25.4. The lowest BCUT2D eigenvalue weighted by Crippen LogP contribution is -2.53. The molecule has 342 valence electrons. The van der Waals surface area contributed by atoms with Gasteiger partial charge in [-0.3, -0.25) is 4.79 Å². The SMILES string of the molecule is CCCCCCCCCCC/C=C/CC/C=C/CCCC(O)C(O)C(CO)NC(=O)C(O)CCCCCCCCCC/C=C\CCCCCCCCCCCCCC. The number of carbonyl (C=O) groups excluding carboxylic acids is 1. The number of aliphatic hydroxyl groups excluding tert-OH is 4.